The lowest BCUT2D eigenvalue weighted by Gasteiger charge is -2.25. The number of aromatic nitrogens is 2. The van der Waals surface area contributed by atoms with Crippen LogP contribution in [-0.2, 0) is 0 Å². The van der Waals surface area contributed by atoms with E-state index in [4.69, 9.17) is 10.5 Å². The molecule has 2 aromatic rings. The van der Waals surface area contributed by atoms with E-state index in [1.54, 1.807) is 0 Å². The summed E-state index contributed by atoms with van der Waals surface area (Å²) < 4.78 is 5.67. The molecule has 4 heteroatoms. The van der Waals surface area contributed by atoms with Gasteiger partial charge >= 0.3 is 0 Å². The van der Waals surface area contributed by atoms with Crippen molar-refractivity contribution in [1.82, 2.24) is 9.97 Å². The summed E-state index contributed by atoms with van der Waals surface area (Å²) in [4.78, 5) is 9.08. The fraction of sp³-hybridized carbons (Fsp3) is 0.333. The zero-order chi connectivity index (χ0) is 13.4. The lowest BCUT2D eigenvalue weighted by molar-refractivity contribution is 0.274. The Bertz CT molecular complexity index is 602. The van der Waals surface area contributed by atoms with E-state index in [2.05, 4.69) is 16.0 Å². The first-order valence-corrected chi connectivity index (χ1v) is 6.49. The minimum atomic E-state index is 0.173. The van der Waals surface area contributed by atoms with Gasteiger partial charge in [0.15, 0.2) is 0 Å². The molecule has 98 valence electrons. The highest BCUT2D eigenvalue weighted by molar-refractivity contribution is 5.45. The predicted octanol–water partition coefficient (Wildman–Crippen LogP) is 2.59. The smallest absolute Gasteiger partial charge is 0.138 e. The molecule has 0 aliphatic carbocycles. The van der Waals surface area contributed by atoms with E-state index >= 15 is 0 Å². The van der Waals surface area contributed by atoms with E-state index in [0.717, 1.165) is 34.8 Å². The molecule has 1 aromatic carbocycles. The van der Waals surface area contributed by atoms with Crippen LogP contribution in [0.5, 0.6) is 5.75 Å². The van der Waals surface area contributed by atoms with E-state index in [1.807, 2.05) is 32.0 Å². The third kappa shape index (κ3) is 2.03. The predicted molar refractivity (Wildman–Crippen MR) is 74.3 cm³/mol. The summed E-state index contributed by atoms with van der Waals surface area (Å²) >= 11 is 0. The second kappa shape index (κ2) is 4.53. The highest BCUT2D eigenvalue weighted by atomic mass is 16.5. The van der Waals surface area contributed by atoms with E-state index in [9.17, 15) is 0 Å². The number of para-hydroxylation sites is 1. The van der Waals surface area contributed by atoms with Gasteiger partial charge in [-0.25, -0.2) is 9.97 Å². The molecular formula is C15H17N3O. The number of aryl methyl sites for hydroxylation is 1. The molecule has 0 amide bonds. The Morgan fingerprint density at radius 1 is 1.21 bits per heavy atom. The first-order valence-electron chi connectivity index (χ1n) is 6.49. The SMILES string of the molecule is Cc1nc(C2CCOc3ccccc32)nc(N)c1C. The molecule has 19 heavy (non-hydrogen) atoms. The molecule has 1 aromatic heterocycles. The summed E-state index contributed by atoms with van der Waals surface area (Å²) in [5.41, 5.74) is 9.03. The van der Waals surface area contributed by atoms with Gasteiger partial charge in [-0.15, -0.1) is 0 Å². The number of fused-ring (bicyclic) bond motifs is 1. The summed E-state index contributed by atoms with van der Waals surface area (Å²) in [5, 5.41) is 0. The van der Waals surface area contributed by atoms with Gasteiger partial charge in [0.2, 0.25) is 0 Å². The third-order valence-electron chi connectivity index (χ3n) is 3.71. The fourth-order valence-corrected chi connectivity index (χ4v) is 2.44. The van der Waals surface area contributed by atoms with Gasteiger partial charge in [-0.1, -0.05) is 18.2 Å². The average Bonchev–Trinajstić information content (AvgIpc) is 2.43. The maximum absolute atomic E-state index is 5.97. The molecule has 1 unspecified atom stereocenters. The van der Waals surface area contributed by atoms with Gasteiger partial charge in [-0.3, -0.25) is 0 Å². The monoisotopic (exact) mass is 255 g/mol. The molecule has 3 rings (SSSR count). The number of hydrogen-bond donors (Lipinski definition) is 1. The number of nitrogen functional groups attached to an aromatic ring is 1. The average molecular weight is 255 g/mol. The molecule has 0 radical (unpaired) electrons. The van der Waals surface area contributed by atoms with Crippen LogP contribution >= 0.6 is 0 Å². The highest BCUT2D eigenvalue weighted by Gasteiger charge is 2.25. The fourth-order valence-electron chi connectivity index (χ4n) is 2.44. The standard InChI is InChI=1S/C15H17N3O/c1-9-10(2)17-15(18-14(9)16)12-7-8-19-13-6-4-3-5-11(12)13/h3-6,12H,7-8H2,1-2H3,(H2,16,17,18). The quantitative estimate of drug-likeness (QED) is 0.850. The van der Waals surface area contributed by atoms with Gasteiger partial charge in [0.1, 0.15) is 17.4 Å². The lowest BCUT2D eigenvalue weighted by Crippen LogP contribution is -2.18. The van der Waals surface area contributed by atoms with Gasteiger partial charge in [-0.2, -0.15) is 0 Å². The van der Waals surface area contributed by atoms with Crippen molar-refractivity contribution in [2.45, 2.75) is 26.2 Å². The molecule has 0 spiro atoms. The van der Waals surface area contributed by atoms with Gasteiger partial charge in [-0.05, 0) is 26.3 Å². The van der Waals surface area contributed by atoms with E-state index in [-0.39, 0.29) is 5.92 Å². The third-order valence-corrected chi connectivity index (χ3v) is 3.71. The van der Waals surface area contributed by atoms with Crippen LogP contribution in [0.1, 0.15) is 35.0 Å². The van der Waals surface area contributed by atoms with Crippen LogP contribution in [0.3, 0.4) is 0 Å². The second-order valence-electron chi connectivity index (χ2n) is 4.91. The molecular weight excluding hydrogens is 238 g/mol. The van der Waals surface area contributed by atoms with Crippen LogP contribution in [-0.4, -0.2) is 16.6 Å². The van der Waals surface area contributed by atoms with Gasteiger partial charge in [0.05, 0.1) is 12.5 Å². The van der Waals surface area contributed by atoms with Crippen LogP contribution in [0.2, 0.25) is 0 Å². The zero-order valence-corrected chi connectivity index (χ0v) is 11.2. The summed E-state index contributed by atoms with van der Waals surface area (Å²) in [6.45, 7) is 4.62. The Labute approximate surface area is 112 Å². The summed E-state index contributed by atoms with van der Waals surface area (Å²) in [7, 11) is 0. The molecule has 1 aliphatic heterocycles. The maximum atomic E-state index is 5.97. The van der Waals surface area contributed by atoms with Crippen LogP contribution in [0.4, 0.5) is 5.82 Å². The van der Waals surface area contributed by atoms with Crippen molar-refractivity contribution < 1.29 is 4.74 Å². The first kappa shape index (κ1) is 12.0. The van der Waals surface area contributed by atoms with E-state index in [1.165, 1.54) is 0 Å². The number of rotatable bonds is 1. The normalized spacial score (nSPS) is 17.7. The van der Waals surface area contributed by atoms with Crippen molar-refractivity contribution in [1.29, 1.82) is 0 Å². The highest BCUT2D eigenvalue weighted by Crippen LogP contribution is 2.36. The molecule has 2 N–H and O–H groups in total. The van der Waals surface area contributed by atoms with Crippen molar-refractivity contribution in [3.63, 3.8) is 0 Å². The van der Waals surface area contributed by atoms with Crippen molar-refractivity contribution in [2.75, 3.05) is 12.3 Å². The first-order chi connectivity index (χ1) is 9.16. The number of nitrogens with zero attached hydrogens (tertiary/aromatic N) is 2. The van der Waals surface area contributed by atoms with Gasteiger partial charge in [0.25, 0.3) is 0 Å². The number of ether oxygens (including phenoxy) is 1. The molecule has 1 atom stereocenters. The Kier molecular flexibility index (Phi) is 2.85. The Balaban J connectivity index is 2.09. The summed E-state index contributed by atoms with van der Waals surface area (Å²) in [6.07, 6.45) is 0.888. The lowest BCUT2D eigenvalue weighted by atomic mass is 9.92. The molecule has 0 saturated heterocycles. The minimum absolute atomic E-state index is 0.173. The molecule has 0 bridgehead atoms. The maximum Gasteiger partial charge on any atom is 0.138 e. The number of benzene rings is 1. The molecule has 0 fully saturated rings. The zero-order valence-electron chi connectivity index (χ0n) is 11.2. The number of anilines is 1. The Morgan fingerprint density at radius 3 is 2.79 bits per heavy atom. The largest absolute Gasteiger partial charge is 0.493 e. The van der Waals surface area contributed by atoms with Gasteiger partial charge < -0.3 is 10.5 Å². The van der Waals surface area contributed by atoms with Crippen molar-refractivity contribution in [2.24, 2.45) is 0 Å². The van der Waals surface area contributed by atoms with Crippen LogP contribution in [0.25, 0.3) is 0 Å². The molecule has 4 nitrogen and oxygen atoms in total. The van der Waals surface area contributed by atoms with Crippen molar-refractivity contribution in [3.05, 3.63) is 46.9 Å². The topological polar surface area (TPSA) is 61.0 Å². The van der Waals surface area contributed by atoms with E-state index < -0.39 is 0 Å². The van der Waals surface area contributed by atoms with Crippen LogP contribution < -0.4 is 10.5 Å². The molecule has 1 aliphatic rings. The van der Waals surface area contributed by atoms with Gasteiger partial charge in [0, 0.05) is 16.8 Å². The molecule has 2 heterocycles. The molecule has 0 saturated carbocycles. The van der Waals surface area contributed by atoms with E-state index in [0.29, 0.717) is 12.4 Å². The Hall–Kier alpha value is -2.10. The van der Waals surface area contributed by atoms with Crippen LogP contribution in [0.15, 0.2) is 24.3 Å². The number of hydrogen-bond acceptors (Lipinski definition) is 4. The number of nitrogens with two attached hydrogens (primary N) is 1. The Morgan fingerprint density at radius 2 is 2.00 bits per heavy atom. The van der Waals surface area contributed by atoms with Crippen molar-refractivity contribution >= 4 is 5.82 Å². The second-order valence-corrected chi connectivity index (χ2v) is 4.91. The summed E-state index contributed by atoms with van der Waals surface area (Å²) in [6, 6.07) is 8.07. The van der Waals surface area contributed by atoms with Crippen LogP contribution in [0, 0.1) is 13.8 Å². The minimum Gasteiger partial charge on any atom is -0.493 e. The summed E-state index contributed by atoms with van der Waals surface area (Å²) in [5.74, 6) is 2.48. The van der Waals surface area contributed by atoms with Crippen molar-refractivity contribution in [3.8, 4) is 5.75 Å².